The van der Waals surface area contributed by atoms with E-state index in [-0.39, 0.29) is 29.4 Å². The molecule has 5 rings (SSSR count). The summed E-state index contributed by atoms with van der Waals surface area (Å²) in [5.41, 5.74) is 7.59. The van der Waals surface area contributed by atoms with Crippen molar-refractivity contribution in [3.63, 3.8) is 0 Å². The largest absolute Gasteiger partial charge is 0.504 e. The number of fused-ring (bicyclic) bond motifs is 1. The molecule has 1 amide bonds. The summed E-state index contributed by atoms with van der Waals surface area (Å²) < 4.78 is 19.0. The first kappa shape index (κ1) is 30.8. The highest BCUT2D eigenvalue weighted by Gasteiger charge is 2.33. The number of allylic oxidation sites excluding steroid dienone is 1. The molecule has 1 atom stereocenters. The summed E-state index contributed by atoms with van der Waals surface area (Å²) in [6.07, 6.45) is 1.70. The molecular weight excluding hydrogens is 650 g/mol. The Labute approximate surface area is 264 Å². The second-order valence-electron chi connectivity index (χ2n) is 9.72. The Morgan fingerprint density at radius 3 is 2.52 bits per heavy atom. The number of aromatic nitrogens is 1. The third-order valence-electron chi connectivity index (χ3n) is 6.77. The third kappa shape index (κ3) is 6.03. The standard InChI is InChI=1S/C32H28BrN3O7S/c1-4-42-24-13-18(12-21(33)30(24)43-16-26(34)39)14-25-31(40)36-29(20-10-11-22(38)23(15-20)41-3)27(17(2)37)28(35-32(36)44-25)19-8-6-5-7-9-19/h5-15,29,38H,4,16H2,1-3H3,(H2,34,39). The second-order valence-corrected chi connectivity index (χ2v) is 11.6. The number of phenols is 1. The molecule has 44 heavy (non-hydrogen) atoms. The number of Topliss-reactive ketones (excluding diaryl/α,β-unsaturated/α-hetero) is 1. The molecule has 3 N–H and O–H groups in total. The number of nitrogens with zero attached hydrogens (tertiary/aromatic N) is 2. The normalized spacial score (nSPS) is 14.5. The van der Waals surface area contributed by atoms with Crippen LogP contribution in [0.2, 0.25) is 0 Å². The van der Waals surface area contributed by atoms with Crippen LogP contribution in [0.25, 0.3) is 11.8 Å². The number of phenolic OH excluding ortho intramolecular Hbond substituents is 1. The van der Waals surface area contributed by atoms with Crippen molar-refractivity contribution in [2.24, 2.45) is 10.7 Å². The predicted octanol–water partition coefficient (Wildman–Crippen LogP) is 3.70. The number of amides is 1. The summed E-state index contributed by atoms with van der Waals surface area (Å²) in [5, 5.41) is 10.3. The highest BCUT2D eigenvalue weighted by Crippen LogP contribution is 2.39. The van der Waals surface area contributed by atoms with Crippen molar-refractivity contribution in [3.05, 3.63) is 107 Å². The van der Waals surface area contributed by atoms with Gasteiger partial charge in [-0.15, -0.1) is 0 Å². The van der Waals surface area contributed by atoms with Crippen molar-refractivity contribution in [3.8, 4) is 23.0 Å². The van der Waals surface area contributed by atoms with Crippen molar-refractivity contribution in [2.45, 2.75) is 19.9 Å². The van der Waals surface area contributed by atoms with Gasteiger partial charge in [0.25, 0.3) is 11.5 Å². The number of rotatable bonds is 10. The fraction of sp³-hybridized carbons (Fsp3) is 0.188. The Balaban J connectivity index is 1.75. The van der Waals surface area contributed by atoms with E-state index in [0.29, 0.717) is 54.3 Å². The third-order valence-corrected chi connectivity index (χ3v) is 8.34. The van der Waals surface area contributed by atoms with Crippen LogP contribution in [0.3, 0.4) is 0 Å². The first-order chi connectivity index (χ1) is 21.1. The average Bonchev–Trinajstić information content (AvgIpc) is 3.30. The molecule has 3 aromatic carbocycles. The van der Waals surface area contributed by atoms with Gasteiger partial charge in [0.15, 0.2) is 40.2 Å². The van der Waals surface area contributed by atoms with E-state index in [1.54, 1.807) is 30.3 Å². The van der Waals surface area contributed by atoms with Gasteiger partial charge < -0.3 is 25.1 Å². The van der Waals surface area contributed by atoms with Gasteiger partial charge in [0.05, 0.1) is 34.5 Å². The van der Waals surface area contributed by atoms with E-state index in [4.69, 9.17) is 24.9 Å². The lowest BCUT2D eigenvalue weighted by molar-refractivity contribution is -0.120. The summed E-state index contributed by atoms with van der Waals surface area (Å²) >= 11 is 4.65. The van der Waals surface area contributed by atoms with Crippen molar-refractivity contribution in [1.29, 1.82) is 0 Å². The summed E-state index contributed by atoms with van der Waals surface area (Å²) in [6, 6.07) is 16.6. The highest BCUT2D eigenvalue weighted by atomic mass is 79.9. The summed E-state index contributed by atoms with van der Waals surface area (Å²) in [5.74, 6) is -0.0801. The molecule has 0 radical (unpaired) electrons. The van der Waals surface area contributed by atoms with Crippen LogP contribution in [0.15, 0.2) is 80.5 Å². The topological polar surface area (TPSA) is 142 Å². The minimum atomic E-state index is -0.842. The Morgan fingerprint density at radius 2 is 1.86 bits per heavy atom. The van der Waals surface area contributed by atoms with Crippen molar-refractivity contribution in [2.75, 3.05) is 20.3 Å². The number of ether oxygens (including phenoxy) is 3. The Kier molecular flexibility index (Phi) is 9.02. The molecule has 0 fully saturated rings. The monoisotopic (exact) mass is 677 g/mol. The van der Waals surface area contributed by atoms with Crippen molar-refractivity contribution >= 4 is 50.7 Å². The van der Waals surface area contributed by atoms with Crippen molar-refractivity contribution < 1.29 is 28.9 Å². The van der Waals surface area contributed by atoms with Gasteiger partial charge >= 0.3 is 0 Å². The molecule has 226 valence electrons. The molecule has 1 aromatic heterocycles. The number of ketones is 1. The molecule has 1 aliphatic rings. The van der Waals surface area contributed by atoms with E-state index in [0.717, 1.165) is 5.56 Å². The molecule has 12 heteroatoms. The zero-order valence-electron chi connectivity index (χ0n) is 24.0. The molecule has 0 bridgehead atoms. The minimum Gasteiger partial charge on any atom is -0.504 e. The number of benzene rings is 3. The Bertz CT molecular complexity index is 1980. The molecule has 0 saturated carbocycles. The summed E-state index contributed by atoms with van der Waals surface area (Å²) in [4.78, 5) is 44.0. The van der Waals surface area contributed by atoms with E-state index in [1.807, 2.05) is 37.3 Å². The van der Waals surface area contributed by atoms with Crippen LogP contribution in [0, 0.1) is 0 Å². The van der Waals surface area contributed by atoms with Gasteiger partial charge in [0.2, 0.25) is 0 Å². The zero-order chi connectivity index (χ0) is 31.5. The SMILES string of the molecule is CCOc1cc(C=c2sc3n(c2=O)C(c2ccc(O)c(OC)c2)C(C(C)=O)=C(c2ccccc2)N=3)cc(Br)c1OCC(N)=O. The molecule has 0 spiro atoms. The highest BCUT2D eigenvalue weighted by molar-refractivity contribution is 9.10. The van der Waals surface area contributed by atoms with E-state index in [9.17, 15) is 19.5 Å². The van der Waals surface area contributed by atoms with Crippen LogP contribution < -0.4 is 34.8 Å². The number of hydrogen-bond acceptors (Lipinski definition) is 9. The molecule has 4 aromatic rings. The molecule has 1 unspecified atom stereocenters. The van der Waals surface area contributed by atoms with E-state index >= 15 is 0 Å². The van der Waals surface area contributed by atoms with Gasteiger partial charge in [-0.3, -0.25) is 19.0 Å². The maximum atomic E-state index is 14.1. The van der Waals surface area contributed by atoms with Crippen LogP contribution in [0.1, 0.15) is 36.6 Å². The molecule has 2 heterocycles. The number of aromatic hydroxyl groups is 1. The first-order valence-electron chi connectivity index (χ1n) is 13.5. The number of primary amides is 1. The van der Waals surface area contributed by atoms with Gasteiger partial charge in [-0.2, -0.15) is 0 Å². The maximum Gasteiger partial charge on any atom is 0.271 e. The van der Waals surface area contributed by atoms with E-state index in [2.05, 4.69) is 15.9 Å². The van der Waals surface area contributed by atoms with Gasteiger partial charge in [0.1, 0.15) is 0 Å². The summed E-state index contributed by atoms with van der Waals surface area (Å²) in [7, 11) is 1.43. The molecule has 0 saturated heterocycles. The lowest BCUT2D eigenvalue weighted by Gasteiger charge is -2.26. The van der Waals surface area contributed by atoms with Crippen molar-refractivity contribution in [1.82, 2.24) is 4.57 Å². The van der Waals surface area contributed by atoms with E-state index in [1.165, 1.54) is 36.0 Å². The molecule has 1 aliphatic heterocycles. The number of carbonyl (C=O) groups is 2. The quantitative estimate of drug-likeness (QED) is 0.261. The predicted molar refractivity (Wildman–Crippen MR) is 170 cm³/mol. The molecular formula is C32H28BrN3O7S. The number of hydrogen-bond donors (Lipinski definition) is 2. The number of methoxy groups -OCH3 is 1. The molecule has 10 nitrogen and oxygen atoms in total. The summed E-state index contributed by atoms with van der Waals surface area (Å²) in [6.45, 7) is 3.26. The fourth-order valence-electron chi connectivity index (χ4n) is 4.93. The van der Waals surface area contributed by atoms with Crippen LogP contribution >= 0.6 is 27.3 Å². The van der Waals surface area contributed by atoms with Crippen LogP contribution in [-0.2, 0) is 9.59 Å². The first-order valence-corrected chi connectivity index (χ1v) is 15.1. The smallest absolute Gasteiger partial charge is 0.271 e. The van der Waals surface area contributed by atoms with Gasteiger partial charge in [-0.05, 0) is 71.2 Å². The maximum absolute atomic E-state index is 14.1. The van der Waals surface area contributed by atoms with Crippen LogP contribution in [0.4, 0.5) is 0 Å². The Hall–Kier alpha value is -4.68. The number of thiazole rings is 1. The van der Waals surface area contributed by atoms with Gasteiger partial charge in [-0.1, -0.05) is 47.7 Å². The van der Waals surface area contributed by atoms with Gasteiger partial charge in [0, 0.05) is 11.1 Å². The number of halogens is 1. The van der Waals surface area contributed by atoms with Crippen LogP contribution in [-0.4, -0.2) is 41.7 Å². The number of nitrogens with two attached hydrogens (primary N) is 1. The minimum absolute atomic E-state index is 0.0702. The lowest BCUT2D eigenvalue weighted by Crippen LogP contribution is -2.39. The fourth-order valence-corrected chi connectivity index (χ4v) is 6.51. The van der Waals surface area contributed by atoms with Gasteiger partial charge in [-0.25, -0.2) is 4.99 Å². The van der Waals surface area contributed by atoms with E-state index < -0.39 is 11.9 Å². The lowest BCUT2D eigenvalue weighted by atomic mass is 9.90. The second kappa shape index (κ2) is 12.9. The zero-order valence-corrected chi connectivity index (χ0v) is 26.4. The molecule has 0 aliphatic carbocycles. The number of carbonyl (C=O) groups excluding carboxylic acids is 2. The van der Waals surface area contributed by atoms with Crippen LogP contribution in [0.5, 0.6) is 23.0 Å². The average molecular weight is 679 g/mol. The Morgan fingerprint density at radius 1 is 1.11 bits per heavy atom.